The number of carbonyl (C=O) groups is 1. The lowest BCUT2D eigenvalue weighted by atomic mass is 10.1. The second-order valence-electron chi connectivity index (χ2n) is 5.82. The van der Waals surface area contributed by atoms with E-state index in [1.54, 1.807) is 18.2 Å². The Labute approximate surface area is 125 Å². The first-order valence-electron chi connectivity index (χ1n) is 7.75. The third-order valence-corrected chi connectivity index (χ3v) is 4.56. The fourth-order valence-electron chi connectivity index (χ4n) is 3.36. The molecule has 0 unspecified atom stereocenters. The molecule has 2 fully saturated rings. The zero-order valence-corrected chi connectivity index (χ0v) is 12.3. The molecule has 6 heteroatoms. The van der Waals surface area contributed by atoms with E-state index in [1.165, 1.54) is 25.7 Å². The van der Waals surface area contributed by atoms with E-state index < -0.39 is 0 Å². The quantitative estimate of drug-likeness (QED) is 0.643. The van der Waals surface area contributed by atoms with E-state index in [2.05, 4.69) is 15.3 Å². The minimum atomic E-state index is -0.00169. The van der Waals surface area contributed by atoms with Crippen LogP contribution in [0.25, 0.3) is 0 Å². The van der Waals surface area contributed by atoms with Crippen molar-refractivity contribution in [2.75, 3.05) is 31.6 Å². The maximum absolute atomic E-state index is 12.5. The van der Waals surface area contributed by atoms with E-state index in [0.29, 0.717) is 11.5 Å². The summed E-state index contributed by atoms with van der Waals surface area (Å²) in [6.45, 7) is 3.53. The molecule has 1 amide bonds. The number of pyridine rings is 1. The minimum Gasteiger partial charge on any atom is -0.335 e. The number of piperazine rings is 1. The summed E-state index contributed by atoms with van der Waals surface area (Å²) in [5, 5.41) is 0. The van der Waals surface area contributed by atoms with Gasteiger partial charge in [-0.15, -0.1) is 0 Å². The Balaban J connectivity index is 1.59. The number of aromatic nitrogens is 1. The molecule has 2 aliphatic rings. The molecule has 1 saturated carbocycles. The molecule has 0 radical (unpaired) electrons. The number of nitrogens with one attached hydrogen (secondary N) is 1. The van der Waals surface area contributed by atoms with Gasteiger partial charge in [0.15, 0.2) is 0 Å². The Hall–Kier alpha value is -1.66. The molecular weight excluding hydrogens is 266 g/mol. The van der Waals surface area contributed by atoms with Crippen LogP contribution in [-0.4, -0.2) is 52.9 Å². The molecule has 3 N–H and O–H groups in total. The van der Waals surface area contributed by atoms with Crippen LogP contribution in [0.15, 0.2) is 18.2 Å². The fourth-order valence-corrected chi connectivity index (χ4v) is 3.36. The molecule has 1 aromatic rings. The van der Waals surface area contributed by atoms with Gasteiger partial charge in [-0.2, -0.15) is 0 Å². The fraction of sp³-hybridized carbons (Fsp3) is 0.600. The molecule has 1 aromatic heterocycles. The van der Waals surface area contributed by atoms with Crippen molar-refractivity contribution in [2.24, 2.45) is 5.84 Å². The highest BCUT2D eigenvalue weighted by atomic mass is 16.2. The Bertz CT molecular complexity index is 493. The summed E-state index contributed by atoms with van der Waals surface area (Å²) in [6, 6.07) is 6.02. The van der Waals surface area contributed by atoms with Crippen molar-refractivity contribution >= 4 is 11.7 Å². The summed E-state index contributed by atoms with van der Waals surface area (Å²) >= 11 is 0. The van der Waals surface area contributed by atoms with Crippen LogP contribution in [0.3, 0.4) is 0 Å². The number of nitrogen functional groups attached to an aromatic ring is 1. The highest BCUT2D eigenvalue weighted by Crippen LogP contribution is 2.24. The van der Waals surface area contributed by atoms with Crippen molar-refractivity contribution in [3.8, 4) is 0 Å². The average Bonchev–Trinajstić information content (AvgIpc) is 3.09. The molecule has 0 aromatic carbocycles. The van der Waals surface area contributed by atoms with Crippen LogP contribution in [0, 0.1) is 0 Å². The Kier molecular flexibility index (Phi) is 4.36. The van der Waals surface area contributed by atoms with E-state index >= 15 is 0 Å². The number of hydrogen-bond acceptors (Lipinski definition) is 5. The molecule has 114 valence electrons. The summed E-state index contributed by atoms with van der Waals surface area (Å²) in [4.78, 5) is 21.1. The lowest BCUT2D eigenvalue weighted by molar-refractivity contribution is 0.0568. The first-order valence-corrected chi connectivity index (χ1v) is 7.75. The van der Waals surface area contributed by atoms with E-state index in [-0.39, 0.29) is 5.91 Å². The SMILES string of the molecule is NNc1cccc(C(=O)N2CCN(C3CCCC3)CC2)n1. The molecule has 21 heavy (non-hydrogen) atoms. The van der Waals surface area contributed by atoms with Crippen molar-refractivity contribution < 1.29 is 4.79 Å². The summed E-state index contributed by atoms with van der Waals surface area (Å²) in [7, 11) is 0. The van der Waals surface area contributed by atoms with Gasteiger partial charge < -0.3 is 10.3 Å². The second kappa shape index (κ2) is 6.41. The van der Waals surface area contributed by atoms with Crippen LogP contribution in [0.2, 0.25) is 0 Å². The zero-order chi connectivity index (χ0) is 14.7. The number of hydrogen-bond donors (Lipinski definition) is 2. The smallest absolute Gasteiger partial charge is 0.272 e. The summed E-state index contributed by atoms with van der Waals surface area (Å²) in [5.74, 6) is 5.86. The summed E-state index contributed by atoms with van der Waals surface area (Å²) < 4.78 is 0. The van der Waals surface area contributed by atoms with Gasteiger partial charge in [-0.1, -0.05) is 18.9 Å². The van der Waals surface area contributed by atoms with E-state index in [9.17, 15) is 4.79 Å². The average molecular weight is 289 g/mol. The Morgan fingerprint density at radius 3 is 2.57 bits per heavy atom. The van der Waals surface area contributed by atoms with Crippen LogP contribution >= 0.6 is 0 Å². The van der Waals surface area contributed by atoms with Gasteiger partial charge in [-0.3, -0.25) is 9.69 Å². The topological polar surface area (TPSA) is 74.5 Å². The predicted molar refractivity (Wildman–Crippen MR) is 81.8 cm³/mol. The minimum absolute atomic E-state index is 0.00169. The first-order chi connectivity index (χ1) is 10.3. The van der Waals surface area contributed by atoms with E-state index in [0.717, 1.165) is 32.2 Å². The molecule has 0 atom stereocenters. The van der Waals surface area contributed by atoms with Gasteiger partial charge in [0, 0.05) is 32.2 Å². The summed E-state index contributed by atoms with van der Waals surface area (Å²) in [6.07, 6.45) is 5.35. The van der Waals surface area contributed by atoms with Gasteiger partial charge in [-0.25, -0.2) is 10.8 Å². The lowest BCUT2D eigenvalue weighted by Crippen LogP contribution is -2.51. The van der Waals surface area contributed by atoms with Gasteiger partial charge in [-0.05, 0) is 25.0 Å². The number of amides is 1. The monoisotopic (exact) mass is 289 g/mol. The molecule has 0 bridgehead atoms. The molecule has 3 rings (SSSR count). The van der Waals surface area contributed by atoms with Crippen LogP contribution in [0.4, 0.5) is 5.82 Å². The van der Waals surface area contributed by atoms with Crippen LogP contribution < -0.4 is 11.3 Å². The number of anilines is 1. The third kappa shape index (κ3) is 3.16. The standard InChI is InChI=1S/C15H23N5O/c16-18-14-7-3-6-13(17-14)15(21)20-10-8-19(9-11-20)12-4-1-2-5-12/h3,6-7,12H,1-2,4-5,8-11,16H2,(H,17,18). The highest BCUT2D eigenvalue weighted by molar-refractivity contribution is 5.92. The van der Waals surface area contributed by atoms with Crippen LogP contribution in [0.1, 0.15) is 36.2 Å². The zero-order valence-electron chi connectivity index (χ0n) is 12.3. The Morgan fingerprint density at radius 2 is 1.90 bits per heavy atom. The van der Waals surface area contributed by atoms with Gasteiger partial charge in [0.05, 0.1) is 0 Å². The number of hydrazine groups is 1. The maximum Gasteiger partial charge on any atom is 0.272 e. The van der Waals surface area contributed by atoms with Gasteiger partial charge >= 0.3 is 0 Å². The molecule has 1 aliphatic heterocycles. The molecule has 6 nitrogen and oxygen atoms in total. The third-order valence-electron chi connectivity index (χ3n) is 4.56. The lowest BCUT2D eigenvalue weighted by Gasteiger charge is -2.37. The highest BCUT2D eigenvalue weighted by Gasteiger charge is 2.28. The van der Waals surface area contributed by atoms with Crippen LogP contribution in [0.5, 0.6) is 0 Å². The summed E-state index contributed by atoms with van der Waals surface area (Å²) in [5.41, 5.74) is 2.94. The van der Waals surface area contributed by atoms with Gasteiger partial charge in [0.1, 0.15) is 11.5 Å². The van der Waals surface area contributed by atoms with E-state index in [4.69, 9.17) is 5.84 Å². The van der Waals surface area contributed by atoms with Crippen molar-refractivity contribution in [2.45, 2.75) is 31.7 Å². The normalized spacial score (nSPS) is 20.7. The molecule has 0 spiro atoms. The van der Waals surface area contributed by atoms with Gasteiger partial charge in [0.2, 0.25) is 0 Å². The number of nitrogens with zero attached hydrogens (tertiary/aromatic N) is 3. The molecule has 2 heterocycles. The Morgan fingerprint density at radius 1 is 1.19 bits per heavy atom. The van der Waals surface area contributed by atoms with Gasteiger partial charge in [0.25, 0.3) is 5.91 Å². The van der Waals surface area contributed by atoms with E-state index in [1.807, 2.05) is 4.90 Å². The number of nitrogens with two attached hydrogens (primary N) is 1. The molecular formula is C15H23N5O. The van der Waals surface area contributed by atoms with Crippen LogP contribution in [-0.2, 0) is 0 Å². The molecule has 1 aliphatic carbocycles. The second-order valence-corrected chi connectivity index (χ2v) is 5.82. The van der Waals surface area contributed by atoms with Crippen molar-refractivity contribution in [1.82, 2.24) is 14.8 Å². The first kappa shape index (κ1) is 14.3. The maximum atomic E-state index is 12.5. The van der Waals surface area contributed by atoms with Crippen molar-refractivity contribution in [1.29, 1.82) is 0 Å². The largest absolute Gasteiger partial charge is 0.335 e. The van der Waals surface area contributed by atoms with Crippen molar-refractivity contribution in [3.63, 3.8) is 0 Å². The molecule has 1 saturated heterocycles. The predicted octanol–water partition coefficient (Wildman–Crippen LogP) is 1.07. The number of carbonyl (C=O) groups excluding carboxylic acids is 1. The number of rotatable bonds is 3. The van der Waals surface area contributed by atoms with Crippen molar-refractivity contribution in [3.05, 3.63) is 23.9 Å².